The second-order valence-corrected chi connectivity index (χ2v) is 5.73. The summed E-state index contributed by atoms with van der Waals surface area (Å²) in [5, 5.41) is 8.95. The van der Waals surface area contributed by atoms with Crippen LogP contribution in [0.15, 0.2) is 23.4 Å². The minimum absolute atomic E-state index is 0.205. The van der Waals surface area contributed by atoms with E-state index in [0.717, 1.165) is 11.0 Å². The zero-order valence-electron chi connectivity index (χ0n) is 12.3. The third-order valence-corrected chi connectivity index (χ3v) is 4.05. The Kier molecular flexibility index (Phi) is 5.19. The van der Waals surface area contributed by atoms with Gasteiger partial charge in [-0.2, -0.15) is 0 Å². The molecule has 0 unspecified atom stereocenters. The molecule has 0 spiro atoms. The summed E-state index contributed by atoms with van der Waals surface area (Å²) in [5.74, 6) is 1.11. The first-order chi connectivity index (χ1) is 10.1. The second kappa shape index (κ2) is 6.91. The van der Waals surface area contributed by atoms with Gasteiger partial charge in [0.25, 0.3) is 0 Å². The van der Waals surface area contributed by atoms with Crippen LogP contribution in [-0.4, -0.2) is 21.9 Å². The number of benzene rings is 1. The minimum Gasteiger partial charge on any atom is -0.494 e. The Labute approximate surface area is 127 Å². The normalized spacial score (nSPS) is 11.1. The summed E-state index contributed by atoms with van der Waals surface area (Å²) >= 11 is 1.44. The minimum atomic E-state index is -0.331. The predicted octanol–water partition coefficient (Wildman–Crippen LogP) is 2.76. The molecule has 0 aliphatic heterocycles. The van der Waals surface area contributed by atoms with Crippen LogP contribution in [0, 0.1) is 5.82 Å². The van der Waals surface area contributed by atoms with E-state index in [2.05, 4.69) is 10.2 Å². The summed E-state index contributed by atoms with van der Waals surface area (Å²) in [4.78, 5) is 0. The van der Waals surface area contributed by atoms with Gasteiger partial charge in [0.15, 0.2) is 16.7 Å². The van der Waals surface area contributed by atoms with Gasteiger partial charge in [-0.3, -0.25) is 0 Å². The maximum absolute atomic E-state index is 14.1. The van der Waals surface area contributed by atoms with Crippen LogP contribution in [0.25, 0.3) is 0 Å². The average molecular weight is 310 g/mol. The number of ether oxygens (including phenoxy) is 1. The third kappa shape index (κ3) is 3.36. The van der Waals surface area contributed by atoms with E-state index in [-0.39, 0.29) is 17.6 Å². The Morgan fingerprint density at radius 2 is 2.14 bits per heavy atom. The molecule has 1 aromatic carbocycles. The monoisotopic (exact) mass is 310 g/mol. The number of nitrogens with two attached hydrogens (primary N) is 1. The van der Waals surface area contributed by atoms with Gasteiger partial charge in [-0.05, 0) is 19.9 Å². The highest BCUT2D eigenvalue weighted by atomic mass is 32.2. The Balaban J connectivity index is 2.19. The molecule has 7 heteroatoms. The second-order valence-electron chi connectivity index (χ2n) is 4.79. The summed E-state index contributed by atoms with van der Waals surface area (Å²) in [6, 6.07) is 5.32. The first-order valence-corrected chi connectivity index (χ1v) is 7.65. The van der Waals surface area contributed by atoms with E-state index in [4.69, 9.17) is 10.5 Å². The maximum atomic E-state index is 14.1. The highest BCUT2D eigenvalue weighted by Gasteiger charge is 2.15. The predicted molar refractivity (Wildman–Crippen MR) is 80.8 cm³/mol. The Morgan fingerprint density at radius 3 is 2.76 bits per heavy atom. The largest absolute Gasteiger partial charge is 0.494 e. The number of aromatic nitrogens is 3. The standard InChI is InChI=1S/C14H19FN4OS/c1-9(2)19-12(7-16)17-18-14(19)21-8-10-5-4-6-11(20-3)13(10)15/h4-6,9H,7-8,16H2,1-3H3. The van der Waals surface area contributed by atoms with E-state index < -0.39 is 0 Å². The van der Waals surface area contributed by atoms with Crippen LogP contribution >= 0.6 is 11.8 Å². The molecule has 114 valence electrons. The lowest BCUT2D eigenvalue weighted by Crippen LogP contribution is -2.11. The molecule has 0 aliphatic rings. The number of hydrogen-bond donors (Lipinski definition) is 1. The zero-order valence-corrected chi connectivity index (χ0v) is 13.2. The smallest absolute Gasteiger partial charge is 0.191 e. The van der Waals surface area contributed by atoms with Crippen molar-refractivity contribution in [1.82, 2.24) is 14.8 Å². The molecule has 0 fully saturated rings. The van der Waals surface area contributed by atoms with Crippen LogP contribution in [0.1, 0.15) is 31.3 Å². The summed E-state index contributed by atoms with van der Waals surface area (Å²) in [6.07, 6.45) is 0. The van der Waals surface area contributed by atoms with Crippen LogP contribution in [0.2, 0.25) is 0 Å². The number of hydrogen-bond acceptors (Lipinski definition) is 5. The zero-order chi connectivity index (χ0) is 15.4. The Bertz CT molecular complexity index is 615. The van der Waals surface area contributed by atoms with Gasteiger partial charge in [-0.15, -0.1) is 10.2 Å². The summed E-state index contributed by atoms with van der Waals surface area (Å²) in [5.41, 5.74) is 6.24. The van der Waals surface area contributed by atoms with Gasteiger partial charge in [0.1, 0.15) is 5.82 Å². The molecule has 5 nitrogen and oxygen atoms in total. The third-order valence-electron chi connectivity index (χ3n) is 3.05. The molecule has 0 atom stereocenters. The molecule has 0 saturated carbocycles. The number of halogens is 1. The van der Waals surface area contributed by atoms with Gasteiger partial charge >= 0.3 is 0 Å². The molecule has 1 heterocycles. The molecule has 0 bridgehead atoms. The molecule has 21 heavy (non-hydrogen) atoms. The first-order valence-electron chi connectivity index (χ1n) is 6.66. The molecule has 0 amide bonds. The number of methoxy groups -OCH3 is 1. The van der Waals surface area contributed by atoms with Gasteiger partial charge < -0.3 is 15.0 Å². The molecule has 2 N–H and O–H groups in total. The van der Waals surface area contributed by atoms with Gasteiger partial charge in [0, 0.05) is 17.4 Å². The number of nitrogens with zero attached hydrogens (tertiary/aromatic N) is 3. The van der Waals surface area contributed by atoms with Crippen molar-refractivity contribution in [2.45, 2.75) is 37.3 Å². The van der Waals surface area contributed by atoms with Crippen molar-refractivity contribution in [3.05, 3.63) is 35.4 Å². The fraction of sp³-hybridized carbons (Fsp3) is 0.429. The van der Waals surface area contributed by atoms with Crippen molar-refractivity contribution >= 4 is 11.8 Å². The van der Waals surface area contributed by atoms with E-state index in [1.54, 1.807) is 18.2 Å². The van der Waals surface area contributed by atoms with Crippen LogP contribution < -0.4 is 10.5 Å². The van der Waals surface area contributed by atoms with Crippen molar-refractivity contribution in [1.29, 1.82) is 0 Å². The number of thioether (sulfide) groups is 1. The van der Waals surface area contributed by atoms with Crippen molar-refractivity contribution in [2.24, 2.45) is 5.73 Å². The Morgan fingerprint density at radius 1 is 1.38 bits per heavy atom. The van der Waals surface area contributed by atoms with E-state index >= 15 is 0 Å². The first kappa shape index (κ1) is 15.8. The van der Waals surface area contributed by atoms with E-state index in [1.165, 1.54) is 18.9 Å². The van der Waals surface area contributed by atoms with Crippen LogP contribution in [0.5, 0.6) is 5.75 Å². The average Bonchev–Trinajstić information content (AvgIpc) is 2.89. The fourth-order valence-electron chi connectivity index (χ4n) is 2.03. The van der Waals surface area contributed by atoms with Crippen LogP contribution in [0.3, 0.4) is 0 Å². The van der Waals surface area contributed by atoms with Crippen molar-refractivity contribution < 1.29 is 9.13 Å². The van der Waals surface area contributed by atoms with Gasteiger partial charge in [-0.25, -0.2) is 4.39 Å². The van der Waals surface area contributed by atoms with Crippen LogP contribution in [-0.2, 0) is 12.3 Å². The Hall–Kier alpha value is -1.60. The lowest BCUT2D eigenvalue weighted by molar-refractivity contribution is 0.385. The van der Waals surface area contributed by atoms with Gasteiger partial charge in [0.05, 0.1) is 13.7 Å². The highest BCUT2D eigenvalue weighted by Crippen LogP contribution is 2.28. The summed E-state index contributed by atoms with van der Waals surface area (Å²) in [6.45, 7) is 4.41. The van der Waals surface area contributed by atoms with Crippen molar-refractivity contribution in [3.63, 3.8) is 0 Å². The molecule has 1 aromatic heterocycles. The molecule has 2 aromatic rings. The lowest BCUT2D eigenvalue weighted by atomic mass is 10.2. The highest BCUT2D eigenvalue weighted by molar-refractivity contribution is 7.98. The van der Waals surface area contributed by atoms with Gasteiger partial charge in [0.2, 0.25) is 0 Å². The molecule has 2 rings (SSSR count). The maximum Gasteiger partial charge on any atom is 0.191 e. The van der Waals surface area contributed by atoms with Crippen LogP contribution in [0.4, 0.5) is 4.39 Å². The van der Waals surface area contributed by atoms with Gasteiger partial charge in [-0.1, -0.05) is 23.9 Å². The SMILES string of the molecule is COc1cccc(CSc2nnc(CN)n2C(C)C)c1F. The van der Waals surface area contributed by atoms with E-state index in [9.17, 15) is 4.39 Å². The quantitative estimate of drug-likeness (QED) is 0.831. The van der Waals surface area contributed by atoms with Crippen molar-refractivity contribution in [2.75, 3.05) is 7.11 Å². The van der Waals surface area contributed by atoms with Crippen molar-refractivity contribution in [3.8, 4) is 5.75 Å². The summed E-state index contributed by atoms with van der Waals surface area (Å²) < 4.78 is 21.1. The molecular formula is C14H19FN4OS. The lowest BCUT2D eigenvalue weighted by Gasteiger charge is -2.13. The number of rotatable bonds is 6. The molecule has 0 radical (unpaired) electrons. The summed E-state index contributed by atoms with van der Waals surface area (Å²) in [7, 11) is 1.46. The molecule has 0 saturated heterocycles. The molecule has 0 aliphatic carbocycles. The fourth-order valence-corrected chi connectivity index (χ4v) is 3.09. The molecular weight excluding hydrogens is 291 g/mol. The van der Waals surface area contributed by atoms with E-state index in [0.29, 0.717) is 17.9 Å². The topological polar surface area (TPSA) is 66.0 Å². The van der Waals surface area contributed by atoms with E-state index in [1.807, 2.05) is 18.4 Å².